The SMILES string of the molecule is CCNC(=O)N1CC(c2ccc(C3=CC(c4cc(Cl)c(Cl)c(Cl)c4)(C(F)(F)F)ON3)cc2)C1. The molecule has 1 fully saturated rings. The number of carbonyl (C=O) groups is 1. The van der Waals surface area contributed by atoms with Crippen LogP contribution < -0.4 is 10.8 Å². The Morgan fingerprint density at radius 2 is 1.79 bits per heavy atom. The molecule has 2 aromatic rings. The Morgan fingerprint density at radius 1 is 1.18 bits per heavy atom. The molecule has 1 unspecified atom stereocenters. The van der Waals surface area contributed by atoms with Crippen molar-refractivity contribution in [3.63, 3.8) is 0 Å². The van der Waals surface area contributed by atoms with Crippen molar-refractivity contribution in [1.82, 2.24) is 15.7 Å². The van der Waals surface area contributed by atoms with Crippen LogP contribution in [0.2, 0.25) is 15.1 Å². The smallest absolute Gasteiger partial charge is 0.338 e. The Morgan fingerprint density at radius 3 is 2.33 bits per heavy atom. The van der Waals surface area contributed by atoms with Gasteiger partial charge in [0.25, 0.3) is 0 Å². The highest BCUT2D eigenvalue weighted by atomic mass is 35.5. The van der Waals surface area contributed by atoms with E-state index in [1.165, 1.54) is 0 Å². The van der Waals surface area contributed by atoms with Gasteiger partial charge < -0.3 is 10.2 Å². The van der Waals surface area contributed by atoms with E-state index in [1.807, 2.05) is 19.1 Å². The topological polar surface area (TPSA) is 53.6 Å². The molecule has 2 aliphatic heterocycles. The molecule has 0 saturated carbocycles. The molecule has 2 amide bonds. The zero-order valence-corrected chi connectivity index (χ0v) is 19.5. The number of hydrogen-bond donors (Lipinski definition) is 2. The third-order valence-electron chi connectivity index (χ3n) is 5.69. The van der Waals surface area contributed by atoms with Crippen molar-refractivity contribution >= 4 is 46.5 Å². The summed E-state index contributed by atoms with van der Waals surface area (Å²) in [5.74, 6) is 0.177. The van der Waals surface area contributed by atoms with E-state index < -0.39 is 11.8 Å². The van der Waals surface area contributed by atoms with E-state index >= 15 is 0 Å². The largest absolute Gasteiger partial charge is 0.428 e. The summed E-state index contributed by atoms with van der Waals surface area (Å²) in [6, 6.07) is 9.16. The highest BCUT2D eigenvalue weighted by Gasteiger charge is 2.59. The molecule has 0 radical (unpaired) electrons. The summed E-state index contributed by atoms with van der Waals surface area (Å²) in [6.45, 7) is 3.59. The Hall–Kier alpha value is -2.13. The maximum atomic E-state index is 14.2. The maximum absolute atomic E-state index is 14.2. The van der Waals surface area contributed by atoms with Gasteiger partial charge in [0.15, 0.2) is 0 Å². The molecular weight excluding hydrogens is 502 g/mol. The zero-order valence-electron chi connectivity index (χ0n) is 17.3. The fourth-order valence-electron chi connectivity index (χ4n) is 3.81. The van der Waals surface area contributed by atoms with Gasteiger partial charge >= 0.3 is 12.2 Å². The van der Waals surface area contributed by atoms with Crippen molar-refractivity contribution in [2.45, 2.75) is 24.6 Å². The predicted molar refractivity (Wildman–Crippen MR) is 121 cm³/mol. The fourth-order valence-corrected chi connectivity index (χ4v) is 4.40. The first kappa shape index (κ1) is 24.0. The van der Waals surface area contributed by atoms with Gasteiger partial charge in [-0.25, -0.2) is 4.79 Å². The summed E-state index contributed by atoms with van der Waals surface area (Å²) in [5, 5.41) is 2.49. The first-order chi connectivity index (χ1) is 15.6. The molecule has 2 heterocycles. The van der Waals surface area contributed by atoms with Crippen molar-refractivity contribution in [2.75, 3.05) is 19.6 Å². The number of nitrogens with zero attached hydrogens (tertiary/aromatic N) is 1. The number of carbonyl (C=O) groups excluding carboxylic acids is 1. The number of halogens is 6. The average Bonchev–Trinajstić information content (AvgIpc) is 3.18. The van der Waals surface area contributed by atoms with Crippen molar-refractivity contribution in [3.05, 3.63) is 74.2 Å². The van der Waals surface area contributed by atoms with Crippen molar-refractivity contribution < 1.29 is 22.8 Å². The monoisotopic (exact) mass is 519 g/mol. The van der Waals surface area contributed by atoms with Crippen LogP contribution >= 0.6 is 34.8 Å². The number of amides is 2. The van der Waals surface area contributed by atoms with Crippen LogP contribution in [0.15, 0.2) is 42.5 Å². The van der Waals surface area contributed by atoms with E-state index in [-0.39, 0.29) is 38.3 Å². The number of nitrogens with one attached hydrogen (secondary N) is 2. The Kier molecular flexibility index (Phi) is 6.48. The van der Waals surface area contributed by atoms with Crippen LogP contribution in [0.5, 0.6) is 0 Å². The van der Waals surface area contributed by atoms with E-state index in [4.69, 9.17) is 39.6 Å². The number of alkyl halides is 3. The average molecular weight is 521 g/mol. The number of benzene rings is 2. The lowest BCUT2D eigenvalue weighted by molar-refractivity contribution is -0.269. The highest BCUT2D eigenvalue weighted by Crippen LogP contribution is 2.49. The van der Waals surface area contributed by atoms with Gasteiger partial charge in [-0.05, 0) is 36.3 Å². The van der Waals surface area contributed by atoms with Crippen LogP contribution in [-0.4, -0.2) is 36.7 Å². The summed E-state index contributed by atoms with van der Waals surface area (Å²) < 4.78 is 42.5. The summed E-state index contributed by atoms with van der Waals surface area (Å²) in [5.41, 5.74) is 0.965. The Balaban J connectivity index is 1.58. The maximum Gasteiger partial charge on any atom is 0.428 e. The van der Waals surface area contributed by atoms with Crippen molar-refractivity contribution in [1.29, 1.82) is 0 Å². The minimum absolute atomic E-state index is 0.0353. The molecule has 0 spiro atoms. The van der Waals surface area contributed by atoms with Crippen LogP contribution in [0.4, 0.5) is 18.0 Å². The molecule has 2 N–H and O–H groups in total. The van der Waals surface area contributed by atoms with Gasteiger partial charge in [0.2, 0.25) is 5.60 Å². The summed E-state index contributed by atoms with van der Waals surface area (Å²) >= 11 is 17.8. The fraction of sp³-hybridized carbons (Fsp3) is 0.318. The van der Waals surface area contributed by atoms with Gasteiger partial charge in [0.05, 0.1) is 20.8 Å². The second kappa shape index (κ2) is 8.91. The molecule has 33 heavy (non-hydrogen) atoms. The predicted octanol–water partition coefficient (Wildman–Crippen LogP) is 6.11. The zero-order chi connectivity index (χ0) is 24.0. The van der Waals surface area contributed by atoms with Crippen LogP contribution in [0, 0.1) is 0 Å². The van der Waals surface area contributed by atoms with E-state index in [9.17, 15) is 18.0 Å². The number of likely N-dealkylation sites (tertiary alicyclic amines) is 1. The molecule has 1 saturated heterocycles. The quantitative estimate of drug-likeness (QED) is 0.479. The molecule has 4 rings (SSSR count). The number of hydrogen-bond acceptors (Lipinski definition) is 3. The third kappa shape index (κ3) is 4.37. The van der Waals surface area contributed by atoms with E-state index in [2.05, 4.69) is 10.8 Å². The number of urea groups is 1. The number of rotatable bonds is 4. The second-order valence-corrected chi connectivity index (χ2v) is 9.00. The Labute approximate surface area is 203 Å². The van der Waals surface area contributed by atoms with Crippen molar-refractivity contribution in [3.8, 4) is 0 Å². The van der Waals surface area contributed by atoms with E-state index in [1.54, 1.807) is 17.0 Å². The van der Waals surface area contributed by atoms with E-state index in [0.29, 0.717) is 25.2 Å². The molecule has 0 aliphatic carbocycles. The van der Waals surface area contributed by atoms with E-state index in [0.717, 1.165) is 23.8 Å². The molecule has 5 nitrogen and oxygen atoms in total. The third-order valence-corrected chi connectivity index (χ3v) is 6.89. The summed E-state index contributed by atoms with van der Waals surface area (Å²) in [6.07, 6.45) is -3.85. The second-order valence-electron chi connectivity index (χ2n) is 7.81. The van der Waals surface area contributed by atoms with Gasteiger partial charge in [-0.15, -0.1) is 0 Å². The lowest BCUT2D eigenvalue weighted by atomic mass is 9.89. The van der Waals surface area contributed by atoms with Gasteiger partial charge in [-0.3, -0.25) is 10.3 Å². The molecule has 2 aliphatic rings. The van der Waals surface area contributed by atoms with Gasteiger partial charge in [-0.1, -0.05) is 59.1 Å². The van der Waals surface area contributed by atoms with Gasteiger partial charge in [0.1, 0.15) is 0 Å². The Bertz CT molecular complexity index is 1080. The van der Waals surface area contributed by atoms with Gasteiger partial charge in [-0.2, -0.15) is 13.2 Å². The number of hydroxylamine groups is 1. The lowest BCUT2D eigenvalue weighted by Crippen LogP contribution is -2.52. The molecule has 0 bridgehead atoms. The standard InChI is InChI=1S/C22H19Cl3F3N3O2/c1-2-29-20(32)31-10-14(11-31)12-3-5-13(6-4-12)18-9-21(33-30-18,22(26,27)28)15-7-16(23)19(25)17(24)8-15/h3-9,14,30H,2,10-11H2,1H3,(H,29,32). The summed E-state index contributed by atoms with van der Waals surface area (Å²) in [7, 11) is 0. The lowest BCUT2D eigenvalue weighted by Gasteiger charge is -2.39. The molecular formula is C22H19Cl3F3N3O2. The molecule has 2 aromatic carbocycles. The van der Waals surface area contributed by atoms with Crippen LogP contribution in [0.1, 0.15) is 29.5 Å². The van der Waals surface area contributed by atoms with Crippen LogP contribution in [-0.2, 0) is 10.4 Å². The van der Waals surface area contributed by atoms with Crippen LogP contribution in [0.25, 0.3) is 5.70 Å². The molecule has 0 aromatic heterocycles. The molecule has 11 heteroatoms. The normalized spacial score (nSPS) is 20.8. The first-order valence-electron chi connectivity index (χ1n) is 10.1. The first-order valence-corrected chi connectivity index (χ1v) is 11.2. The minimum Gasteiger partial charge on any atom is -0.338 e. The minimum atomic E-state index is -4.81. The summed E-state index contributed by atoms with van der Waals surface area (Å²) in [4.78, 5) is 18.6. The molecule has 176 valence electrons. The van der Waals surface area contributed by atoms with Gasteiger partial charge in [0, 0.05) is 31.1 Å². The van der Waals surface area contributed by atoms with Crippen molar-refractivity contribution in [2.24, 2.45) is 0 Å². The highest BCUT2D eigenvalue weighted by molar-refractivity contribution is 6.48. The molecule has 1 atom stereocenters. The van der Waals surface area contributed by atoms with Crippen LogP contribution in [0.3, 0.4) is 0 Å².